The first-order valence-electron chi connectivity index (χ1n) is 13.9. The molecule has 220 valence electrons. The third-order valence-corrected chi connectivity index (χ3v) is 8.02. The van der Waals surface area contributed by atoms with Crippen LogP contribution in [-0.2, 0) is 4.79 Å². The minimum atomic E-state index is -2.92. The molecule has 5 nitrogen and oxygen atoms in total. The van der Waals surface area contributed by atoms with Gasteiger partial charge in [0.05, 0.1) is 16.1 Å². The predicted octanol–water partition coefficient (Wildman–Crippen LogP) is 8.96. The number of carbonyl (C=O) groups is 1. The lowest BCUT2D eigenvalue weighted by Gasteiger charge is -2.15. The van der Waals surface area contributed by atoms with E-state index in [-0.39, 0.29) is 11.7 Å². The second-order valence-corrected chi connectivity index (χ2v) is 10.9. The summed E-state index contributed by atoms with van der Waals surface area (Å²) >= 11 is 8.53. The number of fused-ring (bicyclic) bond motifs is 1. The van der Waals surface area contributed by atoms with Crippen molar-refractivity contribution in [3.05, 3.63) is 77.1 Å². The molecule has 1 aliphatic rings. The molecule has 1 heterocycles. The van der Waals surface area contributed by atoms with Crippen LogP contribution in [-0.4, -0.2) is 42.2 Å². The van der Waals surface area contributed by atoms with Crippen molar-refractivity contribution in [1.29, 1.82) is 0 Å². The first-order chi connectivity index (χ1) is 19.9. The number of para-hydroxylation sites is 1. The van der Waals surface area contributed by atoms with E-state index >= 15 is 0 Å². The van der Waals surface area contributed by atoms with E-state index in [0.717, 1.165) is 42.0 Å². The van der Waals surface area contributed by atoms with Gasteiger partial charge in [-0.25, -0.2) is 4.98 Å². The fourth-order valence-corrected chi connectivity index (χ4v) is 5.71. The summed E-state index contributed by atoms with van der Waals surface area (Å²) in [7, 11) is 1.94. The van der Waals surface area contributed by atoms with Crippen molar-refractivity contribution < 1.29 is 18.3 Å². The number of rotatable bonds is 11. The zero-order chi connectivity index (χ0) is 29.8. The van der Waals surface area contributed by atoms with Crippen molar-refractivity contribution in [1.82, 2.24) is 15.3 Å². The summed E-state index contributed by atoms with van der Waals surface area (Å²) < 4.78 is 30.6. The molecule has 4 aromatic rings. The predicted molar refractivity (Wildman–Crippen MR) is 167 cm³/mol. The molecule has 1 unspecified atom stereocenters. The van der Waals surface area contributed by atoms with Gasteiger partial charge >= 0.3 is 6.61 Å². The molecule has 0 spiro atoms. The number of aldehydes is 1. The fourth-order valence-electron chi connectivity index (χ4n) is 4.35. The summed E-state index contributed by atoms with van der Waals surface area (Å²) in [5.41, 5.74) is 3.82. The number of alkyl halides is 2. The van der Waals surface area contributed by atoms with Gasteiger partial charge in [-0.2, -0.15) is 8.78 Å². The van der Waals surface area contributed by atoms with Crippen LogP contribution in [0.1, 0.15) is 57.3 Å². The maximum absolute atomic E-state index is 13.0. The number of nitrogens with zero attached hydrogens (tertiary/aromatic N) is 1. The Morgan fingerprint density at radius 1 is 1.12 bits per heavy atom. The lowest BCUT2D eigenvalue weighted by Crippen LogP contribution is -2.14. The third-order valence-electron chi connectivity index (χ3n) is 6.46. The number of aromatic amines is 1. The van der Waals surface area contributed by atoms with Gasteiger partial charge < -0.3 is 19.8 Å². The molecule has 1 atom stereocenters. The van der Waals surface area contributed by atoms with E-state index in [9.17, 15) is 8.78 Å². The van der Waals surface area contributed by atoms with Crippen LogP contribution in [0.25, 0.3) is 22.2 Å². The van der Waals surface area contributed by atoms with Crippen LogP contribution in [0.2, 0.25) is 5.02 Å². The Kier molecular flexibility index (Phi) is 13.1. The molecule has 0 amide bonds. The van der Waals surface area contributed by atoms with Gasteiger partial charge in [0, 0.05) is 27.7 Å². The molecule has 1 aliphatic carbocycles. The van der Waals surface area contributed by atoms with E-state index in [0.29, 0.717) is 16.1 Å². The smallest absolute Gasteiger partial charge is 0.387 e. The maximum atomic E-state index is 13.0. The fraction of sp³-hybridized carbons (Fsp3) is 0.375. The van der Waals surface area contributed by atoms with Crippen LogP contribution in [0.15, 0.2) is 65.6 Å². The first kappa shape index (κ1) is 32.6. The van der Waals surface area contributed by atoms with E-state index in [1.165, 1.54) is 42.0 Å². The molecule has 0 radical (unpaired) electrons. The van der Waals surface area contributed by atoms with Crippen molar-refractivity contribution in [2.24, 2.45) is 5.92 Å². The van der Waals surface area contributed by atoms with Crippen molar-refractivity contribution in [3.63, 3.8) is 0 Å². The average Bonchev–Trinajstić information content (AvgIpc) is 3.72. The number of nitrogens with one attached hydrogen (secondary N) is 2. The largest absolute Gasteiger partial charge is 0.434 e. The highest BCUT2D eigenvalue weighted by atomic mass is 35.5. The standard InChI is InChI=1S/C28H28ClF2N3OS.C2H4O.C2H6/c1-32-13-12-20(18-8-10-19(11-9-18)36-16-17-6-7-17)27-33-24-14-22(23(29)15-25(24)34-27)21-4-2-3-5-26(21)35-28(30)31;1-2-3;1-2/h2-5,8-11,14-15,17,20,28,32H,6-7,12-13,16H2,1H3,(H,33,34);2H,1H3;1-2H3. The molecule has 0 saturated heterocycles. The summed E-state index contributed by atoms with van der Waals surface area (Å²) in [6.07, 6.45) is 4.34. The van der Waals surface area contributed by atoms with Gasteiger partial charge in [0.25, 0.3) is 0 Å². The Balaban J connectivity index is 0.000000868. The quantitative estimate of drug-likeness (QED) is 0.133. The number of imidazole rings is 1. The average molecular weight is 602 g/mol. The van der Waals surface area contributed by atoms with Gasteiger partial charge in [-0.05, 0) is 81.6 Å². The van der Waals surface area contributed by atoms with Crippen molar-refractivity contribution >= 4 is 40.7 Å². The number of carbonyl (C=O) groups excluding carboxylic acids is 1. The number of thioether (sulfide) groups is 1. The Morgan fingerprint density at radius 3 is 2.44 bits per heavy atom. The lowest BCUT2D eigenvalue weighted by atomic mass is 9.95. The Morgan fingerprint density at radius 2 is 1.80 bits per heavy atom. The monoisotopic (exact) mass is 601 g/mol. The van der Waals surface area contributed by atoms with Gasteiger partial charge in [0.15, 0.2) is 0 Å². The number of halogens is 3. The highest BCUT2D eigenvalue weighted by Crippen LogP contribution is 2.39. The topological polar surface area (TPSA) is 67.0 Å². The molecular weight excluding hydrogens is 564 g/mol. The van der Waals surface area contributed by atoms with Crippen molar-refractivity contribution in [3.8, 4) is 16.9 Å². The zero-order valence-electron chi connectivity index (χ0n) is 23.9. The van der Waals surface area contributed by atoms with E-state index in [2.05, 4.69) is 34.6 Å². The summed E-state index contributed by atoms with van der Waals surface area (Å²) in [6.45, 7) is 3.36. The van der Waals surface area contributed by atoms with Crippen LogP contribution < -0.4 is 10.1 Å². The van der Waals surface area contributed by atoms with Crippen LogP contribution in [0.5, 0.6) is 5.75 Å². The van der Waals surface area contributed by atoms with Crippen LogP contribution >= 0.6 is 23.4 Å². The summed E-state index contributed by atoms with van der Waals surface area (Å²) in [5, 5.41) is 3.68. The lowest BCUT2D eigenvalue weighted by molar-refractivity contribution is -0.106. The minimum absolute atomic E-state index is 0.0732. The minimum Gasteiger partial charge on any atom is -0.434 e. The normalized spacial score (nSPS) is 13.2. The van der Waals surface area contributed by atoms with E-state index in [1.807, 2.05) is 38.7 Å². The number of benzene rings is 3. The number of H-pyrrole nitrogens is 1. The molecule has 41 heavy (non-hydrogen) atoms. The third kappa shape index (κ3) is 9.28. The SMILES string of the molecule is CC.CC=O.CNCCC(c1ccc(SCC2CC2)cc1)c1nc2cc(-c3ccccc3OC(F)F)c(Cl)cc2[nH]1. The van der Waals surface area contributed by atoms with Crippen molar-refractivity contribution in [2.45, 2.75) is 57.5 Å². The Bertz CT molecular complexity index is 1380. The Hall–Kier alpha value is -2.94. The number of aromatic nitrogens is 2. The molecule has 9 heteroatoms. The Labute approximate surface area is 250 Å². The first-order valence-corrected chi connectivity index (χ1v) is 15.3. The summed E-state index contributed by atoms with van der Waals surface area (Å²) in [4.78, 5) is 18.5. The van der Waals surface area contributed by atoms with Crippen LogP contribution in [0.3, 0.4) is 0 Å². The highest BCUT2D eigenvalue weighted by Gasteiger charge is 2.22. The van der Waals surface area contributed by atoms with E-state index in [1.54, 1.807) is 24.3 Å². The number of hydrogen-bond acceptors (Lipinski definition) is 5. The molecule has 0 aliphatic heterocycles. The summed E-state index contributed by atoms with van der Waals surface area (Å²) in [5.74, 6) is 3.09. The number of ether oxygens (including phenoxy) is 1. The van der Waals surface area contributed by atoms with Crippen LogP contribution in [0.4, 0.5) is 8.78 Å². The maximum Gasteiger partial charge on any atom is 0.387 e. The van der Waals surface area contributed by atoms with E-state index < -0.39 is 6.61 Å². The second-order valence-electron chi connectivity index (χ2n) is 9.35. The molecule has 2 N–H and O–H groups in total. The molecular formula is C32H38ClF2N3O2S. The number of hydrogen-bond donors (Lipinski definition) is 2. The van der Waals surface area contributed by atoms with E-state index in [4.69, 9.17) is 26.1 Å². The van der Waals surface area contributed by atoms with Crippen LogP contribution in [0, 0.1) is 5.92 Å². The van der Waals surface area contributed by atoms with Gasteiger partial charge in [-0.1, -0.05) is 55.8 Å². The second kappa shape index (κ2) is 16.5. The van der Waals surface area contributed by atoms with Gasteiger partial charge in [-0.15, -0.1) is 11.8 Å². The van der Waals surface area contributed by atoms with Gasteiger partial charge in [-0.3, -0.25) is 0 Å². The molecule has 1 aromatic heterocycles. The van der Waals surface area contributed by atoms with Gasteiger partial charge in [0.2, 0.25) is 0 Å². The highest BCUT2D eigenvalue weighted by molar-refractivity contribution is 7.99. The summed E-state index contributed by atoms with van der Waals surface area (Å²) in [6, 6.07) is 19.1. The molecule has 1 fully saturated rings. The van der Waals surface area contributed by atoms with Gasteiger partial charge in [0.1, 0.15) is 17.9 Å². The van der Waals surface area contributed by atoms with Crippen molar-refractivity contribution in [2.75, 3.05) is 19.3 Å². The molecule has 1 saturated carbocycles. The molecule has 5 rings (SSSR count). The zero-order valence-corrected chi connectivity index (χ0v) is 25.5. The molecule has 0 bridgehead atoms. The molecule has 3 aromatic carbocycles.